The van der Waals surface area contributed by atoms with Gasteiger partial charge in [0.2, 0.25) is 0 Å². The first-order valence-electron chi connectivity index (χ1n) is 0.730. The van der Waals surface area contributed by atoms with Gasteiger partial charge in [-0.05, 0) is 0 Å². The van der Waals surface area contributed by atoms with Gasteiger partial charge in [-0.2, -0.15) is 7.82 Å². The van der Waals surface area contributed by atoms with Gasteiger partial charge in [-0.3, -0.25) is 0 Å². The minimum atomic E-state index is -5.39. The van der Waals surface area contributed by atoms with E-state index in [4.69, 9.17) is 19.2 Å². The Morgan fingerprint density at radius 3 is 1.14 bits per heavy atom. The Kier molecular flexibility index (Phi) is 13.4. The fraction of sp³-hybridized carbons (Fsp3) is 0. The van der Waals surface area contributed by atoms with Crippen molar-refractivity contribution < 1.29 is 45.4 Å². The molecule has 0 unspecified atom stereocenters. The van der Waals surface area contributed by atoms with Crippen LogP contribution in [0.15, 0.2) is 0 Å². The van der Waals surface area contributed by atoms with E-state index in [0.717, 1.165) is 0 Å². The van der Waals surface area contributed by atoms with Gasteiger partial charge in [0, 0.05) is 0 Å². The Hall–Kier alpha value is 1.76. The molecule has 0 bridgehead atoms. The molecule has 7 heteroatoms. The fourth-order valence-electron chi connectivity index (χ4n) is 0. The maximum Gasteiger partial charge on any atom is 2.00 e. The van der Waals surface area contributed by atoms with E-state index >= 15 is 0 Å². The summed E-state index contributed by atoms with van der Waals surface area (Å²) in [6.45, 7) is 0. The summed E-state index contributed by atoms with van der Waals surface area (Å²) in [5.41, 5.74) is 0. The molecule has 0 amide bonds. The standard InChI is InChI=1S/Mg.H3O4P.Zr/c;1-5(2,3)4;/h;(H3,1,2,3,4);/q+2;;+2/p-3. The van der Waals surface area contributed by atoms with E-state index in [-0.39, 0.29) is 49.3 Å². The summed E-state index contributed by atoms with van der Waals surface area (Å²) in [7, 11) is -5.39. The number of hydrogen-bond donors (Lipinski definition) is 0. The van der Waals surface area contributed by atoms with Gasteiger partial charge in [0.25, 0.3) is 0 Å². The first kappa shape index (κ1) is 15.9. The molecule has 0 aromatic rings. The maximum absolute atomic E-state index is 8.55. The first-order valence-corrected chi connectivity index (χ1v) is 2.19. The summed E-state index contributed by atoms with van der Waals surface area (Å²) < 4.78 is 8.55. The van der Waals surface area contributed by atoms with Gasteiger partial charge in [-0.15, -0.1) is 0 Å². The average molecular weight is 210 g/mol. The fourth-order valence-corrected chi connectivity index (χ4v) is 0. The van der Waals surface area contributed by atoms with Crippen molar-refractivity contribution in [2.45, 2.75) is 0 Å². The van der Waals surface area contributed by atoms with Gasteiger partial charge in [0.15, 0.2) is 0 Å². The molecule has 0 aliphatic heterocycles. The second-order valence-corrected chi connectivity index (χ2v) is 1.34. The third kappa shape index (κ3) is 83.2. The Morgan fingerprint density at radius 2 is 1.14 bits per heavy atom. The zero-order chi connectivity index (χ0) is 4.50. The third-order valence-corrected chi connectivity index (χ3v) is 0. The Balaban J connectivity index is -0.0000000800. The van der Waals surface area contributed by atoms with Crippen molar-refractivity contribution in [3.8, 4) is 0 Å². The van der Waals surface area contributed by atoms with Crippen LogP contribution < -0.4 is 14.7 Å². The van der Waals surface area contributed by atoms with Crippen LogP contribution in [0.5, 0.6) is 0 Å². The molecule has 34 valence electrons. The van der Waals surface area contributed by atoms with Crippen LogP contribution in [0.2, 0.25) is 0 Å². The molecule has 0 atom stereocenters. The molecule has 0 saturated heterocycles. The molecular weight excluding hydrogens is 210 g/mol. The molecule has 0 aromatic carbocycles. The molecule has 0 N–H and O–H groups in total. The SMILES string of the molecule is O=P([O-])([O-])[O-].[Mg+2].[Zr+2]. The summed E-state index contributed by atoms with van der Waals surface area (Å²) in [6, 6.07) is 0. The molecule has 0 saturated carbocycles. The third-order valence-electron chi connectivity index (χ3n) is 0. The minimum absolute atomic E-state index is 0. The molecule has 0 spiro atoms. The summed E-state index contributed by atoms with van der Waals surface area (Å²) >= 11 is 0. The zero-order valence-corrected chi connectivity index (χ0v) is 8.05. The van der Waals surface area contributed by atoms with Crippen molar-refractivity contribution >= 4 is 30.9 Å². The van der Waals surface area contributed by atoms with Gasteiger partial charge < -0.3 is 19.2 Å². The van der Waals surface area contributed by atoms with Gasteiger partial charge in [0.05, 0.1) is 0 Å². The Bertz CT molecular complexity index is 57.8. The molecule has 0 heterocycles. The molecule has 7 heavy (non-hydrogen) atoms. The predicted molar refractivity (Wildman–Crippen MR) is 13.4 cm³/mol. The first-order chi connectivity index (χ1) is 2.00. The normalized spacial score (nSPS) is 8.43. The number of hydrogen-bond acceptors (Lipinski definition) is 4. The van der Waals surface area contributed by atoms with Crippen LogP contribution in [0.1, 0.15) is 0 Å². The molecule has 0 aliphatic rings. The van der Waals surface area contributed by atoms with E-state index < -0.39 is 7.82 Å². The van der Waals surface area contributed by atoms with E-state index in [9.17, 15) is 0 Å². The summed E-state index contributed by atoms with van der Waals surface area (Å²) in [4.78, 5) is 25.6. The van der Waals surface area contributed by atoms with Gasteiger partial charge in [0.1, 0.15) is 0 Å². The monoisotopic (exact) mass is 209 g/mol. The van der Waals surface area contributed by atoms with E-state index in [1.54, 1.807) is 0 Å². The Labute approximate surface area is 75.8 Å². The molecule has 0 radical (unpaired) electrons. The summed E-state index contributed by atoms with van der Waals surface area (Å²) in [5, 5.41) is 0. The number of rotatable bonds is 0. The molecule has 0 aromatic heterocycles. The van der Waals surface area contributed by atoms with Crippen LogP contribution in [0.25, 0.3) is 0 Å². The number of phosphoric acid groups is 1. The molecule has 0 aliphatic carbocycles. The minimum Gasteiger partial charge on any atom is -0.822 e. The van der Waals surface area contributed by atoms with Crippen molar-refractivity contribution in [2.24, 2.45) is 0 Å². The maximum atomic E-state index is 8.55. The van der Waals surface area contributed by atoms with Gasteiger partial charge in [-0.1, -0.05) is 0 Å². The van der Waals surface area contributed by atoms with Crippen LogP contribution in [0.4, 0.5) is 0 Å². The van der Waals surface area contributed by atoms with Crippen molar-refractivity contribution in [1.29, 1.82) is 0 Å². The topological polar surface area (TPSA) is 86.2 Å². The summed E-state index contributed by atoms with van der Waals surface area (Å²) in [5.74, 6) is 0. The van der Waals surface area contributed by atoms with Crippen LogP contribution in [0.3, 0.4) is 0 Å². The second-order valence-electron chi connectivity index (χ2n) is 0.447. The largest absolute Gasteiger partial charge is 2.00 e. The predicted octanol–water partition coefficient (Wildman–Crippen LogP) is -3.21. The smallest absolute Gasteiger partial charge is 0.822 e. The van der Waals surface area contributed by atoms with Crippen LogP contribution >= 0.6 is 7.82 Å². The van der Waals surface area contributed by atoms with Crippen molar-refractivity contribution in [3.05, 3.63) is 0 Å². The van der Waals surface area contributed by atoms with Gasteiger partial charge >= 0.3 is 49.3 Å². The molecule has 0 rings (SSSR count). The van der Waals surface area contributed by atoms with Gasteiger partial charge in [-0.25, -0.2) is 0 Å². The van der Waals surface area contributed by atoms with Crippen LogP contribution in [-0.4, -0.2) is 23.1 Å². The molecular formula is MgO4PZr+. The van der Waals surface area contributed by atoms with E-state index in [0.29, 0.717) is 0 Å². The van der Waals surface area contributed by atoms with Crippen molar-refractivity contribution in [2.75, 3.05) is 0 Å². The zero-order valence-electron chi connectivity index (χ0n) is 3.29. The van der Waals surface area contributed by atoms with Crippen LogP contribution in [0, 0.1) is 0 Å². The quantitative estimate of drug-likeness (QED) is 0.311. The average Bonchev–Trinajstić information content (AvgIpc) is 0.722. The summed E-state index contributed by atoms with van der Waals surface area (Å²) in [6.07, 6.45) is 0. The van der Waals surface area contributed by atoms with Crippen molar-refractivity contribution in [3.63, 3.8) is 0 Å². The van der Waals surface area contributed by atoms with E-state index in [1.807, 2.05) is 0 Å². The molecule has 4 nitrogen and oxygen atoms in total. The van der Waals surface area contributed by atoms with Crippen LogP contribution in [-0.2, 0) is 30.8 Å². The van der Waals surface area contributed by atoms with Crippen molar-refractivity contribution in [1.82, 2.24) is 0 Å². The van der Waals surface area contributed by atoms with E-state index in [2.05, 4.69) is 0 Å². The Morgan fingerprint density at radius 1 is 1.14 bits per heavy atom. The second kappa shape index (κ2) is 5.89. The van der Waals surface area contributed by atoms with E-state index in [1.165, 1.54) is 0 Å². The molecule has 0 fully saturated rings.